The molecule has 1 aromatic carbocycles. The second kappa shape index (κ2) is 6.94. The van der Waals surface area contributed by atoms with Crippen LogP contribution in [-0.2, 0) is 40.0 Å². The molecule has 4 fully saturated rings. The standard InChI is InChI=1S/C23H22N2O8/c1-2-31-22(30)18-23-12(33-24-18)8-11-13(14(23)15(26)16-17(32-16)19(23)27)21(29)25(20(11)28)9-10-6-4-3-5-7-10/h3-7,11-17,26H,2,8-9H2,1H3/t11-,12?,13-,14+,15+,16+,17+,23+/m1/s1. The van der Waals surface area contributed by atoms with Crippen LogP contribution >= 0.6 is 0 Å². The molecule has 10 heteroatoms. The molecule has 2 amide bonds. The number of nitrogens with zero attached hydrogens (tertiary/aromatic N) is 2. The molecule has 5 aliphatic rings. The molecule has 1 unspecified atom stereocenters. The number of epoxide rings is 1. The van der Waals surface area contributed by atoms with E-state index < -0.39 is 65.2 Å². The van der Waals surface area contributed by atoms with Gasteiger partial charge in [-0.3, -0.25) is 19.3 Å². The third kappa shape index (κ3) is 2.53. The molecule has 33 heavy (non-hydrogen) atoms. The van der Waals surface area contributed by atoms with Gasteiger partial charge in [-0.05, 0) is 12.5 Å². The third-order valence-corrected chi connectivity index (χ3v) is 7.67. The number of carbonyl (C=O) groups is 4. The van der Waals surface area contributed by atoms with Gasteiger partial charge in [0.2, 0.25) is 11.8 Å². The first-order valence-electron chi connectivity index (χ1n) is 11.1. The Labute approximate surface area is 188 Å². The molecule has 2 saturated carbocycles. The number of aliphatic hydroxyl groups is 1. The molecule has 2 saturated heterocycles. The van der Waals surface area contributed by atoms with Crippen LogP contribution in [0.15, 0.2) is 35.5 Å². The molecule has 3 heterocycles. The predicted molar refractivity (Wildman–Crippen MR) is 108 cm³/mol. The summed E-state index contributed by atoms with van der Waals surface area (Å²) in [5.41, 5.74) is -1.16. The van der Waals surface area contributed by atoms with E-state index in [1.807, 2.05) is 30.3 Å². The van der Waals surface area contributed by atoms with Crippen LogP contribution in [0.3, 0.4) is 0 Å². The fourth-order valence-corrected chi connectivity index (χ4v) is 6.29. The van der Waals surface area contributed by atoms with Crippen LogP contribution in [-0.4, -0.2) is 70.3 Å². The van der Waals surface area contributed by atoms with E-state index in [4.69, 9.17) is 14.3 Å². The van der Waals surface area contributed by atoms with Crippen molar-refractivity contribution in [3.05, 3.63) is 35.9 Å². The quantitative estimate of drug-likeness (QED) is 0.376. The van der Waals surface area contributed by atoms with Crippen molar-refractivity contribution in [3.8, 4) is 0 Å². The van der Waals surface area contributed by atoms with Crippen molar-refractivity contribution in [2.75, 3.05) is 6.61 Å². The summed E-state index contributed by atoms with van der Waals surface area (Å²) in [6.45, 7) is 1.76. The number of Topliss-reactive ketones (excluding diaryl/α,β-unsaturated/α-hetero) is 1. The highest BCUT2D eigenvalue weighted by atomic mass is 16.7. The molecule has 6 rings (SSSR count). The molecule has 1 aromatic rings. The van der Waals surface area contributed by atoms with Gasteiger partial charge in [0, 0.05) is 12.3 Å². The van der Waals surface area contributed by atoms with Crippen LogP contribution in [0.5, 0.6) is 0 Å². The zero-order valence-electron chi connectivity index (χ0n) is 17.7. The van der Waals surface area contributed by atoms with E-state index in [2.05, 4.69) is 5.16 Å². The van der Waals surface area contributed by atoms with Gasteiger partial charge in [-0.2, -0.15) is 0 Å². The molecule has 0 bridgehead atoms. The molecular weight excluding hydrogens is 432 g/mol. The predicted octanol–water partition coefficient (Wildman–Crippen LogP) is -0.177. The van der Waals surface area contributed by atoms with Gasteiger partial charge in [0.05, 0.1) is 31.1 Å². The minimum Gasteiger partial charge on any atom is -0.461 e. The van der Waals surface area contributed by atoms with Crippen molar-refractivity contribution in [2.45, 2.75) is 44.3 Å². The number of ether oxygens (including phenoxy) is 2. The van der Waals surface area contributed by atoms with Gasteiger partial charge >= 0.3 is 5.97 Å². The summed E-state index contributed by atoms with van der Waals surface area (Å²) >= 11 is 0. The van der Waals surface area contributed by atoms with E-state index in [1.165, 1.54) is 4.90 Å². The maximum Gasteiger partial charge on any atom is 0.357 e. The van der Waals surface area contributed by atoms with Crippen LogP contribution < -0.4 is 0 Å². The average molecular weight is 454 g/mol. The minimum atomic E-state index is -1.69. The monoisotopic (exact) mass is 454 g/mol. The van der Waals surface area contributed by atoms with Gasteiger partial charge in [-0.1, -0.05) is 35.5 Å². The van der Waals surface area contributed by atoms with Gasteiger partial charge in [-0.15, -0.1) is 0 Å². The number of aliphatic hydroxyl groups excluding tert-OH is 1. The van der Waals surface area contributed by atoms with Gasteiger partial charge in [0.25, 0.3) is 0 Å². The second-order valence-corrected chi connectivity index (χ2v) is 9.14. The third-order valence-electron chi connectivity index (χ3n) is 7.67. The summed E-state index contributed by atoms with van der Waals surface area (Å²) in [5, 5.41) is 15.1. The van der Waals surface area contributed by atoms with Crippen molar-refractivity contribution in [1.29, 1.82) is 0 Å². The Morgan fingerprint density at radius 2 is 2.00 bits per heavy atom. The van der Waals surface area contributed by atoms with Crippen LogP contribution in [0.25, 0.3) is 0 Å². The number of hydrogen-bond donors (Lipinski definition) is 1. The molecule has 1 N–H and O–H groups in total. The minimum absolute atomic E-state index is 0.0271. The Hall–Kier alpha value is -3.11. The number of esters is 1. The molecule has 10 nitrogen and oxygen atoms in total. The van der Waals surface area contributed by atoms with E-state index in [0.29, 0.717) is 0 Å². The lowest BCUT2D eigenvalue weighted by Gasteiger charge is -2.49. The molecule has 1 spiro atoms. The first-order chi connectivity index (χ1) is 15.9. The summed E-state index contributed by atoms with van der Waals surface area (Å²) < 4.78 is 10.6. The lowest BCUT2D eigenvalue weighted by atomic mass is 9.49. The number of rotatable bonds is 4. The lowest BCUT2D eigenvalue weighted by molar-refractivity contribution is -0.164. The van der Waals surface area contributed by atoms with E-state index in [1.54, 1.807) is 6.92 Å². The maximum absolute atomic E-state index is 13.6. The Morgan fingerprint density at radius 1 is 1.24 bits per heavy atom. The SMILES string of the molecule is CCOC(=O)C1=NOC2C[C@H]3C(=O)N(Cc4ccccc4)C(=O)[C@H]3[C@H]3[C@H](O)[C@@H]4O[C@@H]4C(=O)[C@@]123. The fraction of sp³-hybridized carbons (Fsp3) is 0.522. The lowest BCUT2D eigenvalue weighted by Crippen LogP contribution is -2.67. The first-order valence-corrected chi connectivity index (χ1v) is 11.1. The van der Waals surface area contributed by atoms with Crippen LogP contribution in [0.1, 0.15) is 18.9 Å². The highest BCUT2D eigenvalue weighted by Gasteiger charge is 2.80. The number of hydrogen-bond acceptors (Lipinski definition) is 9. The number of imide groups is 1. The summed E-state index contributed by atoms with van der Waals surface area (Å²) in [6.07, 6.45) is -3.85. The Kier molecular flexibility index (Phi) is 4.31. The van der Waals surface area contributed by atoms with E-state index in [0.717, 1.165) is 5.56 Å². The maximum atomic E-state index is 13.6. The summed E-state index contributed by atoms with van der Waals surface area (Å²) in [4.78, 5) is 60.1. The molecule has 172 valence electrons. The number of ketones is 1. The zero-order valence-corrected chi connectivity index (χ0v) is 17.7. The Morgan fingerprint density at radius 3 is 2.73 bits per heavy atom. The van der Waals surface area contributed by atoms with E-state index >= 15 is 0 Å². The first kappa shape index (κ1) is 20.5. The number of oxime groups is 1. The molecule has 2 aliphatic carbocycles. The number of amides is 2. The highest BCUT2D eigenvalue weighted by molar-refractivity contribution is 6.44. The largest absolute Gasteiger partial charge is 0.461 e. The Bertz CT molecular complexity index is 1100. The van der Waals surface area contributed by atoms with Crippen LogP contribution in [0.2, 0.25) is 0 Å². The number of likely N-dealkylation sites (tertiary alicyclic amines) is 1. The molecule has 0 aromatic heterocycles. The van der Waals surface area contributed by atoms with Gasteiger partial charge < -0.3 is 19.4 Å². The summed E-state index contributed by atoms with van der Waals surface area (Å²) in [7, 11) is 0. The van der Waals surface area contributed by atoms with Crippen molar-refractivity contribution in [3.63, 3.8) is 0 Å². The molecule has 8 atom stereocenters. The average Bonchev–Trinajstić information content (AvgIpc) is 3.48. The zero-order chi connectivity index (χ0) is 23.1. The fourth-order valence-electron chi connectivity index (χ4n) is 6.29. The van der Waals surface area contributed by atoms with Crippen molar-refractivity contribution in [1.82, 2.24) is 4.90 Å². The smallest absolute Gasteiger partial charge is 0.357 e. The molecule has 3 aliphatic heterocycles. The number of fused-ring (bicyclic) bond motifs is 3. The highest BCUT2D eigenvalue weighted by Crippen LogP contribution is 2.62. The van der Waals surface area contributed by atoms with Crippen molar-refractivity contribution >= 4 is 29.3 Å². The topological polar surface area (TPSA) is 135 Å². The Balaban J connectivity index is 1.44. The van der Waals surface area contributed by atoms with Crippen LogP contribution in [0, 0.1) is 23.2 Å². The normalized spacial score (nSPS) is 40.3. The van der Waals surface area contributed by atoms with Gasteiger partial charge in [0.1, 0.15) is 23.7 Å². The van der Waals surface area contributed by atoms with Gasteiger partial charge in [-0.25, -0.2) is 4.79 Å². The molecule has 0 radical (unpaired) electrons. The molecular formula is C23H22N2O8. The van der Waals surface area contributed by atoms with E-state index in [9.17, 15) is 24.3 Å². The van der Waals surface area contributed by atoms with Crippen molar-refractivity contribution in [2.24, 2.45) is 28.3 Å². The van der Waals surface area contributed by atoms with Crippen molar-refractivity contribution < 1.29 is 38.6 Å². The summed E-state index contributed by atoms with van der Waals surface area (Å²) in [6, 6.07) is 9.10. The van der Waals surface area contributed by atoms with E-state index in [-0.39, 0.29) is 31.2 Å². The number of carbonyl (C=O) groups excluding carboxylic acids is 4. The second-order valence-electron chi connectivity index (χ2n) is 9.14. The summed E-state index contributed by atoms with van der Waals surface area (Å²) in [5.74, 6) is -5.01. The van der Waals surface area contributed by atoms with Gasteiger partial charge in [0.15, 0.2) is 11.5 Å². The van der Waals surface area contributed by atoms with Crippen LogP contribution in [0.4, 0.5) is 0 Å². The number of benzene rings is 1.